The van der Waals surface area contributed by atoms with Gasteiger partial charge < -0.3 is 15.6 Å². The minimum atomic E-state index is -0.201. The highest BCUT2D eigenvalue weighted by molar-refractivity contribution is 5.73. The zero-order valence-electron chi connectivity index (χ0n) is 12.6. The molecule has 0 amide bonds. The number of benzene rings is 1. The number of anilines is 1. The number of aromatic nitrogens is 2. The van der Waals surface area contributed by atoms with Crippen LogP contribution in [0.1, 0.15) is 26.3 Å². The van der Waals surface area contributed by atoms with Gasteiger partial charge in [0.2, 0.25) is 0 Å². The van der Waals surface area contributed by atoms with Crippen LogP contribution in [-0.4, -0.2) is 22.0 Å². The van der Waals surface area contributed by atoms with Crippen molar-refractivity contribution in [2.45, 2.75) is 26.2 Å². The fraction of sp³-hybridized carbons (Fsp3) is 0.400. The number of rotatable bonds is 2. The van der Waals surface area contributed by atoms with E-state index in [4.69, 9.17) is 10.5 Å². The fourth-order valence-corrected chi connectivity index (χ4v) is 2.11. The number of nitrogen functional groups attached to an aromatic ring is 1. The van der Waals surface area contributed by atoms with Crippen molar-refractivity contribution in [3.8, 4) is 22.8 Å². The van der Waals surface area contributed by atoms with Gasteiger partial charge in [-0.05, 0) is 17.5 Å². The molecule has 0 aliphatic carbocycles. The van der Waals surface area contributed by atoms with Crippen LogP contribution in [0.15, 0.2) is 18.2 Å². The van der Waals surface area contributed by atoms with Crippen LogP contribution in [0.4, 0.5) is 5.82 Å². The molecule has 0 fully saturated rings. The minimum Gasteiger partial charge on any atom is -0.507 e. The van der Waals surface area contributed by atoms with E-state index in [1.165, 1.54) is 0 Å². The SMILES string of the molecule is COc1cc(-c2cc(N)n(C)n2)c(O)c(C(C)(C)C)c1. The van der Waals surface area contributed by atoms with Crippen LogP contribution in [-0.2, 0) is 12.5 Å². The van der Waals surface area contributed by atoms with Gasteiger partial charge in [0.15, 0.2) is 0 Å². The summed E-state index contributed by atoms with van der Waals surface area (Å²) in [5, 5.41) is 14.9. The van der Waals surface area contributed by atoms with Crippen molar-refractivity contribution in [3.63, 3.8) is 0 Å². The Morgan fingerprint density at radius 3 is 2.35 bits per heavy atom. The smallest absolute Gasteiger partial charge is 0.129 e. The highest BCUT2D eigenvalue weighted by atomic mass is 16.5. The molecule has 1 heterocycles. The summed E-state index contributed by atoms with van der Waals surface area (Å²) in [7, 11) is 3.37. The van der Waals surface area contributed by atoms with Gasteiger partial charge in [-0.2, -0.15) is 5.10 Å². The molecule has 1 aromatic heterocycles. The maximum absolute atomic E-state index is 10.6. The summed E-state index contributed by atoms with van der Waals surface area (Å²) in [5.41, 5.74) is 7.68. The summed E-state index contributed by atoms with van der Waals surface area (Å²) >= 11 is 0. The molecule has 0 aliphatic heterocycles. The topological polar surface area (TPSA) is 73.3 Å². The number of phenolic OH excluding ortho intramolecular Hbond substituents is 1. The molecule has 0 atom stereocenters. The molecule has 0 bridgehead atoms. The summed E-state index contributed by atoms with van der Waals surface area (Å²) in [4.78, 5) is 0. The molecule has 20 heavy (non-hydrogen) atoms. The van der Waals surface area contributed by atoms with Crippen LogP contribution in [0.5, 0.6) is 11.5 Å². The summed E-state index contributed by atoms with van der Waals surface area (Å²) in [6, 6.07) is 5.36. The molecule has 2 aromatic rings. The molecule has 0 radical (unpaired) electrons. The molecule has 2 rings (SSSR count). The lowest BCUT2D eigenvalue weighted by atomic mass is 9.84. The Labute approximate surface area is 119 Å². The first-order valence-corrected chi connectivity index (χ1v) is 6.45. The van der Waals surface area contributed by atoms with Crippen molar-refractivity contribution in [1.29, 1.82) is 0 Å². The van der Waals surface area contributed by atoms with Gasteiger partial charge in [-0.3, -0.25) is 4.68 Å². The van der Waals surface area contributed by atoms with Crippen LogP contribution < -0.4 is 10.5 Å². The normalized spacial score (nSPS) is 11.7. The number of aromatic hydroxyl groups is 1. The first-order valence-electron chi connectivity index (χ1n) is 6.45. The summed E-state index contributed by atoms with van der Waals surface area (Å²) in [5.74, 6) is 1.45. The maximum atomic E-state index is 10.6. The predicted octanol–water partition coefficient (Wildman–Crippen LogP) is 2.68. The lowest BCUT2D eigenvalue weighted by molar-refractivity contribution is 0.406. The second-order valence-corrected chi connectivity index (χ2v) is 5.90. The van der Waals surface area contributed by atoms with Crippen molar-refractivity contribution in [2.24, 2.45) is 7.05 Å². The van der Waals surface area contributed by atoms with Gasteiger partial charge in [0.25, 0.3) is 0 Å². The van der Waals surface area contributed by atoms with Crippen molar-refractivity contribution in [3.05, 3.63) is 23.8 Å². The van der Waals surface area contributed by atoms with Gasteiger partial charge in [0.05, 0.1) is 12.8 Å². The zero-order chi connectivity index (χ0) is 15.1. The van der Waals surface area contributed by atoms with Gasteiger partial charge in [0.1, 0.15) is 17.3 Å². The monoisotopic (exact) mass is 275 g/mol. The predicted molar refractivity (Wildman–Crippen MR) is 80.0 cm³/mol. The van der Waals surface area contributed by atoms with Gasteiger partial charge >= 0.3 is 0 Å². The lowest BCUT2D eigenvalue weighted by Gasteiger charge is -2.22. The second-order valence-electron chi connectivity index (χ2n) is 5.90. The Bertz CT molecular complexity index is 620. The Morgan fingerprint density at radius 1 is 1.25 bits per heavy atom. The minimum absolute atomic E-state index is 0.201. The molecular weight excluding hydrogens is 254 g/mol. The molecule has 5 nitrogen and oxygen atoms in total. The van der Waals surface area contributed by atoms with E-state index >= 15 is 0 Å². The molecule has 0 saturated carbocycles. The third kappa shape index (κ3) is 2.43. The number of hydrogen-bond donors (Lipinski definition) is 2. The molecule has 1 aromatic carbocycles. The molecule has 0 saturated heterocycles. The second kappa shape index (κ2) is 4.74. The van der Waals surface area contributed by atoms with Crippen molar-refractivity contribution < 1.29 is 9.84 Å². The third-order valence-corrected chi connectivity index (χ3v) is 3.32. The average Bonchev–Trinajstić information content (AvgIpc) is 2.68. The first-order chi connectivity index (χ1) is 9.24. The van der Waals surface area contributed by atoms with Gasteiger partial charge in [0, 0.05) is 24.2 Å². The standard InChI is InChI=1S/C15H21N3O2/c1-15(2,3)11-7-9(20-5)6-10(14(11)19)12-8-13(16)18(4)17-12/h6-8,19H,16H2,1-5H3. The molecule has 3 N–H and O–H groups in total. The quantitative estimate of drug-likeness (QED) is 0.883. The molecule has 108 valence electrons. The van der Waals surface area contributed by atoms with Crippen LogP contribution in [0, 0.1) is 0 Å². The molecular formula is C15H21N3O2. The highest BCUT2D eigenvalue weighted by Gasteiger charge is 2.23. The third-order valence-electron chi connectivity index (χ3n) is 3.32. The number of phenols is 1. The number of ether oxygens (including phenoxy) is 1. The Balaban J connectivity index is 2.69. The van der Waals surface area contributed by atoms with E-state index in [9.17, 15) is 5.11 Å². The van der Waals surface area contributed by atoms with Crippen LogP contribution in [0.3, 0.4) is 0 Å². The van der Waals surface area contributed by atoms with Crippen LogP contribution in [0.2, 0.25) is 0 Å². The van der Waals surface area contributed by atoms with E-state index in [0.29, 0.717) is 22.8 Å². The summed E-state index contributed by atoms with van der Waals surface area (Å²) < 4.78 is 6.90. The van der Waals surface area contributed by atoms with Gasteiger partial charge in [-0.15, -0.1) is 0 Å². The van der Waals surface area contributed by atoms with E-state index in [1.807, 2.05) is 26.8 Å². The van der Waals surface area contributed by atoms with E-state index in [1.54, 1.807) is 31.0 Å². The van der Waals surface area contributed by atoms with Crippen molar-refractivity contribution in [2.75, 3.05) is 12.8 Å². The number of nitrogens with two attached hydrogens (primary N) is 1. The van der Waals surface area contributed by atoms with Crippen molar-refractivity contribution in [1.82, 2.24) is 9.78 Å². The number of nitrogens with zero attached hydrogens (tertiary/aromatic N) is 2. The Hall–Kier alpha value is -2.17. The number of aryl methyl sites for hydroxylation is 1. The fourth-order valence-electron chi connectivity index (χ4n) is 2.11. The highest BCUT2D eigenvalue weighted by Crippen LogP contribution is 2.41. The Kier molecular flexibility index (Phi) is 3.38. The summed E-state index contributed by atoms with van der Waals surface area (Å²) in [6.45, 7) is 6.12. The molecule has 0 aliphatic rings. The molecule has 0 unspecified atom stereocenters. The Morgan fingerprint density at radius 2 is 1.90 bits per heavy atom. The number of methoxy groups -OCH3 is 1. The van der Waals surface area contributed by atoms with Crippen LogP contribution >= 0.6 is 0 Å². The van der Waals surface area contributed by atoms with Crippen molar-refractivity contribution >= 4 is 5.82 Å². The van der Waals surface area contributed by atoms with E-state index in [0.717, 1.165) is 5.56 Å². The van der Waals surface area contributed by atoms with E-state index < -0.39 is 0 Å². The lowest BCUT2D eigenvalue weighted by Crippen LogP contribution is -2.12. The average molecular weight is 275 g/mol. The van der Waals surface area contributed by atoms with Gasteiger partial charge in [-0.1, -0.05) is 20.8 Å². The maximum Gasteiger partial charge on any atom is 0.129 e. The zero-order valence-corrected chi connectivity index (χ0v) is 12.6. The summed E-state index contributed by atoms with van der Waals surface area (Å²) in [6.07, 6.45) is 0. The van der Waals surface area contributed by atoms with E-state index in [2.05, 4.69) is 5.10 Å². The van der Waals surface area contributed by atoms with E-state index in [-0.39, 0.29) is 11.2 Å². The molecule has 0 spiro atoms. The van der Waals surface area contributed by atoms with Crippen LogP contribution in [0.25, 0.3) is 11.3 Å². The first kappa shape index (κ1) is 14.2. The molecule has 5 heteroatoms. The number of hydrogen-bond acceptors (Lipinski definition) is 4. The van der Waals surface area contributed by atoms with Gasteiger partial charge in [-0.25, -0.2) is 0 Å². The largest absolute Gasteiger partial charge is 0.507 e.